The first-order valence-electron chi connectivity index (χ1n) is 7.43. The molecule has 1 saturated carbocycles. The van der Waals surface area contributed by atoms with E-state index in [9.17, 15) is 0 Å². The summed E-state index contributed by atoms with van der Waals surface area (Å²) in [6, 6.07) is 0.332. The van der Waals surface area contributed by atoms with Crippen LogP contribution in [-0.4, -0.2) is 35.7 Å². The zero-order valence-electron chi connectivity index (χ0n) is 12.6. The molecule has 1 aromatic rings. The molecular weight excluding hydrogens is 254 g/mol. The van der Waals surface area contributed by atoms with E-state index >= 15 is 0 Å². The lowest BCUT2D eigenvalue weighted by molar-refractivity contribution is 0.274. The Balaban J connectivity index is 1.84. The molecule has 1 heterocycles. The minimum absolute atomic E-state index is 0.332. The predicted octanol–water partition coefficient (Wildman–Crippen LogP) is 2.55. The van der Waals surface area contributed by atoms with Crippen LogP contribution in [0.15, 0.2) is 0 Å². The maximum atomic E-state index is 5.07. The lowest BCUT2D eigenvalue weighted by atomic mass is 9.81. The minimum Gasteiger partial charge on any atom is -0.467 e. The Morgan fingerprint density at radius 3 is 2.70 bits per heavy atom. The van der Waals surface area contributed by atoms with E-state index in [0.717, 1.165) is 18.4 Å². The molecule has 2 atom stereocenters. The normalized spacial score (nSPS) is 22.4. The second kappa shape index (κ2) is 7.26. The summed E-state index contributed by atoms with van der Waals surface area (Å²) in [6.45, 7) is 3.25. The molecule has 0 spiro atoms. The lowest BCUT2D eigenvalue weighted by Gasteiger charge is -2.26. The molecule has 0 bridgehead atoms. The molecule has 2 N–H and O–H groups in total. The van der Waals surface area contributed by atoms with Crippen molar-refractivity contribution in [2.75, 3.05) is 31.3 Å². The highest BCUT2D eigenvalue weighted by atomic mass is 16.5. The molecule has 112 valence electrons. The molecule has 1 aromatic heterocycles. The smallest absolute Gasteiger partial charge is 0.322 e. The quantitative estimate of drug-likeness (QED) is 0.834. The van der Waals surface area contributed by atoms with Crippen LogP contribution in [0.4, 0.5) is 11.9 Å². The number of hydrogen-bond donors (Lipinski definition) is 2. The molecular formula is C14H25N5O. The van der Waals surface area contributed by atoms with Crippen molar-refractivity contribution in [3.05, 3.63) is 0 Å². The van der Waals surface area contributed by atoms with Crippen molar-refractivity contribution < 1.29 is 4.74 Å². The number of methoxy groups -OCH3 is 1. The van der Waals surface area contributed by atoms with Crippen LogP contribution in [0, 0.1) is 11.8 Å². The Morgan fingerprint density at radius 2 is 2.00 bits per heavy atom. The first kappa shape index (κ1) is 14.8. The highest BCUT2D eigenvalue weighted by molar-refractivity contribution is 5.35. The summed E-state index contributed by atoms with van der Waals surface area (Å²) in [6.07, 6.45) is 6.64. The maximum absolute atomic E-state index is 5.07. The number of rotatable bonds is 6. The third-order valence-corrected chi connectivity index (χ3v) is 3.90. The van der Waals surface area contributed by atoms with Crippen molar-refractivity contribution in [3.8, 4) is 6.01 Å². The van der Waals surface area contributed by atoms with Gasteiger partial charge in [-0.25, -0.2) is 0 Å². The fraction of sp³-hybridized carbons (Fsp3) is 0.786. The van der Waals surface area contributed by atoms with Gasteiger partial charge in [-0.05, 0) is 24.7 Å². The summed E-state index contributed by atoms with van der Waals surface area (Å²) in [7, 11) is 3.34. The Bertz CT molecular complexity index is 404. The summed E-state index contributed by atoms with van der Waals surface area (Å²) < 4.78 is 5.07. The van der Waals surface area contributed by atoms with E-state index in [0.29, 0.717) is 17.9 Å². The summed E-state index contributed by atoms with van der Waals surface area (Å²) >= 11 is 0. The van der Waals surface area contributed by atoms with Gasteiger partial charge < -0.3 is 15.4 Å². The Labute approximate surface area is 120 Å². The van der Waals surface area contributed by atoms with Crippen LogP contribution in [0.25, 0.3) is 0 Å². The molecule has 0 aromatic carbocycles. The molecule has 1 aliphatic rings. The Morgan fingerprint density at radius 1 is 1.20 bits per heavy atom. The lowest BCUT2D eigenvalue weighted by Crippen LogP contribution is -2.17. The van der Waals surface area contributed by atoms with E-state index in [1.165, 1.54) is 32.1 Å². The van der Waals surface area contributed by atoms with Crippen LogP contribution >= 0.6 is 0 Å². The molecule has 0 amide bonds. The SMILES string of the molecule is CNc1nc(NCCC2CCCC(C)C2)nc(OC)n1. The molecule has 0 radical (unpaired) electrons. The van der Waals surface area contributed by atoms with Crippen molar-refractivity contribution in [1.82, 2.24) is 15.0 Å². The van der Waals surface area contributed by atoms with Gasteiger partial charge in [0.2, 0.25) is 11.9 Å². The first-order valence-corrected chi connectivity index (χ1v) is 7.43. The number of ether oxygens (including phenoxy) is 1. The average molecular weight is 279 g/mol. The second-order valence-electron chi connectivity index (χ2n) is 5.57. The van der Waals surface area contributed by atoms with Gasteiger partial charge in [-0.3, -0.25) is 0 Å². The Hall–Kier alpha value is -1.59. The van der Waals surface area contributed by atoms with E-state index in [1.54, 1.807) is 14.2 Å². The van der Waals surface area contributed by atoms with Crippen LogP contribution in [0.3, 0.4) is 0 Å². The average Bonchev–Trinajstić information content (AvgIpc) is 2.47. The van der Waals surface area contributed by atoms with Crippen LogP contribution in [0.1, 0.15) is 39.0 Å². The maximum Gasteiger partial charge on any atom is 0.322 e. The third-order valence-electron chi connectivity index (χ3n) is 3.90. The zero-order chi connectivity index (χ0) is 14.4. The number of nitrogens with zero attached hydrogens (tertiary/aromatic N) is 3. The van der Waals surface area contributed by atoms with Gasteiger partial charge in [-0.2, -0.15) is 15.0 Å². The molecule has 1 fully saturated rings. The number of aromatic nitrogens is 3. The van der Waals surface area contributed by atoms with Gasteiger partial charge >= 0.3 is 6.01 Å². The molecule has 6 heteroatoms. The monoisotopic (exact) mass is 279 g/mol. The van der Waals surface area contributed by atoms with E-state index in [2.05, 4.69) is 32.5 Å². The van der Waals surface area contributed by atoms with Crippen molar-refractivity contribution >= 4 is 11.9 Å². The third kappa shape index (κ3) is 4.21. The summed E-state index contributed by atoms with van der Waals surface area (Å²) in [5.74, 6) is 2.80. The van der Waals surface area contributed by atoms with Gasteiger partial charge in [-0.1, -0.05) is 26.2 Å². The topological polar surface area (TPSA) is 72.0 Å². The van der Waals surface area contributed by atoms with E-state index in [1.807, 2.05) is 0 Å². The number of anilines is 2. The van der Waals surface area contributed by atoms with Crippen molar-refractivity contribution in [1.29, 1.82) is 0 Å². The minimum atomic E-state index is 0.332. The second-order valence-corrected chi connectivity index (χ2v) is 5.57. The van der Waals surface area contributed by atoms with Gasteiger partial charge in [0.1, 0.15) is 0 Å². The first-order chi connectivity index (χ1) is 9.71. The zero-order valence-corrected chi connectivity index (χ0v) is 12.6. The summed E-state index contributed by atoms with van der Waals surface area (Å²) in [5.41, 5.74) is 0. The van der Waals surface area contributed by atoms with Gasteiger partial charge in [0.15, 0.2) is 0 Å². The van der Waals surface area contributed by atoms with Crippen molar-refractivity contribution in [2.24, 2.45) is 11.8 Å². The summed E-state index contributed by atoms with van der Waals surface area (Å²) in [4.78, 5) is 12.6. The van der Waals surface area contributed by atoms with Gasteiger partial charge in [-0.15, -0.1) is 0 Å². The highest BCUT2D eigenvalue weighted by Crippen LogP contribution is 2.30. The number of nitrogens with one attached hydrogen (secondary N) is 2. The highest BCUT2D eigenvalue weighted by Gasteiger charge is 2.18. The van der Waals surface area contributed by atoms with Crippen molar-refractivity contribution in [3.63, 3.8) is 0 Å². The molecule has 2 unspecified atom stereocenters. The molecule has 0 aliphatic heterocycles. The van der Waals surface area contributed by atoms with Crippen LogP contribution < -0.4 is 15.4 Å². The molecule has 2 rings (SSSR count). The fourth-order valence-electron chi connectivity index (χ4n) is 2.85. The van der Waals surface area contributed by atoms with Crippen LogP contribution in [-0.2, 0) is 0 Å². The van der Waals surface area contributed by atoms with Gasteiger partial charge in [0.05, 0.1) is 7.11 Å². The standard InChI is InChI=1S/C14H25N5O/c1-10-5-4-6-11(9-10)7-8-16-13-17-12(15-2)18-14(19-13)20-3/h10-11H,4-9H2,1-3H3,(H2,15,16,17,18,19). The van der Waals surface area contributed by atoms with Crippen molar-refractivity contribution in [2.45, 2.75) is 39.0 Å². The Kier molecular flexibility index (Phi) is 5.38. The summed E-state index contributed by atoms with van der Waals surface area (Å²) in [5, 5.41) is 6.18. The van der Waals surface area contributed by atoms with E-state index in [-0.39, 0.29) is 0 Å². The molecule has 6 nitrogen and oxygen atoms in total. The van der Waals surface area contributed by atoms with Crippen LogP contribution in [0.5, 0.6) is 6.01 Å². The van der Waals surface area contributed by atoms with Gasteiger partial charge in [0, 0.05) is 13.6 Å². The van der Waals surface area contributed by atoms with Gasteiger partial charge in [0.25, 0.3) is 0 Å². The fourth-order valence-corrected chi connectivity index (χ4v) is 2.85. The van der Waals surface area contributed by atoms with E-state index < -0.39 is 0 Å². The largest absolute Gasteiger partial charge is 0.467 e. The molecule has 0 saturated heterocycles. The predicted molar refractivity (Wildman–Crippen MR) is 80.2 cm³/mol. The molecule has 20 heavy (non-hydrogen) atoms. The van der Waals surface area contributed by atoms with Crippen LogP contribution in [0.2, 0.25) is 0 Å². The number of hydrogen-bond acceptors (Lipinski definition) is 6. The van der Waals surface area contributed by atoms with E-state index in [4.69, 9.17) is 4.74 Å². The molecule has 1 aliphatic carbocycles.